The maximum atomic E-state index is 12.3. The van der Waals surface area contributed by atoms with Gasteiger partial charge in [0, 0.05) is 12.1 Å². The van der Waals surface area contributed by atoms with Crippen molar-refractivity contribution >= 4 is 11.9 Å². The van der Waals surface area contributed by atoms with Crippen LogP contribution in [0.1, 0.15) is 99.5 Å². The van der Waals surface area contributed by atoms with Crippen LogP contribution in [0.2, 0.25) is 0 Å². The second-order valence-electron chi connectivity index (χ2n) is 6.81. The van der Waals surface area contributed by atoms with Gasteiger partial charge in [-0.25, -0.2) is 14.6 Å². The highest BCUT2D eigenvalue weighted by Crippen LogP contribution is 2.17. The Morgan fingerprint density at radius 2 is 1.14 bits per heavy atom. The van der Waals surface area contributed by atoms with Crippen LogP contribution >= 0.6 is 0 Å². The molecule has 1 heterocycles. The van der Waals surface area contributed by atoms with Gasteiger partial charge in [-0.2, -0.15) is 0 Å². The lowest BCUT2D eigenvalue weighted by Crippen LogP contribution is -2.14. The van der Waals surface area contributed by atoms with Crippen molar-refractivity contribution < 1.29 is 23.8 Å². The monoisotopic (exact) mass is 393 g/mol. The van der Waals surface area contributed by atoms with Crippen LogP contribution in [0.5, 0.6) is 5.75 Å². The Balaban J connectivity index is 2.81. The Morgan fingerprint density at radius 1 is 0.714 bits per heavy atom. The Morgan fingerprint density at radius 3 is 1.57 bits per heavy atom. The molecule has 0 atom stereocenters. The standard InChI is InChI=1S/C22H35NO5/c1-4-7-10-13-26-18-16-19(21(24)27-14-11-8-5-2)23-20(17-18)22(25)28-15-12-9-6-3/h16-17H,4-15H2,1-3H3. The largest absolute Gasteiger partial charge is 0.493 e. The molecule has 0 bridgehead atoms. The van der Waals surface area contributed by atoms with Crippen LogP contribution in [0, 0.1) is 0 Å². The van der Waals surface area contributed by atoms with Crippen LogP contribution in [0.4, 0.5) is 0 Å². The first kappa shape index (κ1) is 23.9. The minimum Gasteiger partial charge on any atom is -0.493 e. The average molecular weight is 394 g/mol. The highest BCUT2D eigenvalue weighted by atomic mass is 16.5. The van der Waals surface area contributed by atoms with E-state index in [-0.39, 0.29) is 11.4 Å². The van der Waals surface area contributed by atoms with Crippen LogP contribution in [-0.2, 0) is 9.47 Å². The van der Waals surface area contributed by atoms with E-state index in [1.165, 1.54) is 12.1 Å². The van der Waals surface area contributed by atoms with Crippen molar-refractivity contribution in [3.63, 3.8) is 0 Å². The molecular weight excluding hydrogens is 358 g/mol. The minimum atomic E-state index is -0.546. The zero-order valence-electron chi connectivity index (χ0n) is 17.6. The fourth-order valence-corrected chi connectivity index (χ4v) is 2.52. The van der Waals surface area contributed by atoms with Crippen LogP contribution in [0.15, 0.2) is 12.1 Å². The van der Waals surface area contributed by atoms with Gasteiger partial charge in [-0.3, -0.25) is 0 Å². The van der Waals surface area contributed by atoms with Crippen molar-refractivity contribution in [2.75, 3.05) is 19.8 Å². The van der Waals surface area contributed by atoms with E-state index in [9.17, 15) is 9.59 Å². The second kappa shape index (κ2) is 14.9. The number of unbranched alkanes of at least 4 members (excludes halogenated alkanes) is 6. The summed E-state index contributed by atoms with van der Waals surface area (Å²) in [4.78, 5) is 28.8. The molecule has 6 heteroatoms. The minimum absolute atomic E-state index is 0.0741. The van der Waals surface area contributed by atoms with Gasteiger partial charge >= 0.3 is 11.9 Å². The van der Waals surface area contributed by atoms with Crippen LogP contribution in [0.25, 0.3) is 0 Å². The zero-order chi connectivity index (χ0) is 20.6. The van der Waals surface area contributed by atoms with Crippen molar-refractivity contribution in [2.24, 2.45) is 0 Å². The van der Waals surface area contributed by atoms with Crippen molar-refractivity contribution in [2.45, 2.75) is 78.6 Å². The SMILES string of the molecule is CCCCCOC(=O)c1cc(OCCCCC)cc(C(=O)OCCCCC)n1. The van der Waals surface area contributed by atoms with Crippen molar-refractivity contribution in [3.8, 4) is 5.75 Å². The summed E-state index contributed by atoms with van der Waals surface area (Å²) in [6.45, 7) is 7.49. The maximum Gasteiger partial charge on any atom is 0.357 e. The molecule has 0 aliphatic rings. The number of carbonyl (C=O) groups excluding carboxylic acids is 2. The van der Waals surface area contributed by atoms with E-state index in [1.807, 2.05) is 0 Å². The number of rotatable bonds is 15. The third-order valence-corrected chi connectivity index (χ3v) is 4.20. The van der Waals surface area contributed by atoms with Gasteiger partial charge in [0.15, 0.2) is 11.4 Å². The van der Waals surface area contributed by atoms with Gasteiger partial charge in [0.25, 0.3) is 0 Å². The number of ether oxygens (including phenoxy) is 3. The Hall–Kier alpha value is -2.11. The molecule has 0 aromatic carbocycles. The van der Waals surface area contributed by atoms with Gasteiger partial charge in [0.2, 0.25) is 0 Å². The van der Waals surface area contributed by atoms with Gasteiger partial charge in [-0.05, 0) is 19.3 Å². The van der Waals surface area contributed by atoms with E-state index < -0.39 is 11.9 Å². The molecule has 0 unspecified atom stereocenters. The number of esters is 2. The molecule has 0 saturated heterocycles. The van der Waals surface area contributed by atoms with Crippen molar-refractivity contribution in [1.29, 1.82) is 0 Å². The Bertz CT molecular complexity index is 546. The van der Waals surface area contributed by atoms with E-state index in [0.717, 1.165) is 57.8 Å². The zero-order valence-corrected chi connectivity index (χ0v) is 17.6. The number of hydrogen-bond donors (Lipinski definition) is 0. The fourth-order valence-electron chi connectivity index (χ4n) is 2.52. The molecule has 1 aromatic rings. The topological polar surface area (TPSA) is 74.7 Å². The van der Waals surface area contributed by atoms with Crippen LogP contribution < -0.4 is 4.74 Å². The van der Waals surface area contributed by atoms with E-state index >= 15 is 0 Å². The molecule has 1 aromatic heterocycles. The van der Waals surface area contributed by atoms with Gasteiger partial charge in [-0.1, -0.05) is 59.3 Å². The Labute approximate surface area is 169 Å². The van der Waals surface area contributed by atoms with Crippen molar-refractivity contribution in [1.82, 2.24) is 4.98 Å². The molecule has 6 nitrogen and oxygen atoms in total. The van der Waals surface area contributed by atoms with Crippen LogP contribution in [-0.4, -0.2) is 36.7 Å². The van der Waals surface area contributed by atoms with E-state index in [0.29, 0.717) is 25.6 Å². The molecule has 0 radical (unpaired) electrons. The summed E-state index contributed by atoms with van der Waals surface area (Å²) >= 11 is 0. The summed E-state index contributed by atoms with van der Waals surface area (Å²) in [6, 6.07) is 3.06. The normalized spacial score (nSPS) is 10.5. The molecule has 0 amide bonds. The summed E-state index contributed by atoms with van der Waals surface area (Å²) in [5.41, 5.74) is 0.148. The summed E-state index contributed by atoms with van der Waals surface area (Å²) in [7, 11) is 0. The number of aromatic nitrogens is 1. The first-order chi connectivity index (χ1) is 13.6. The first-order valence-electron chi connectivity index (χ1n) is 10.6. The quantitative estimate of drug-likeness (QED) is 0.295. The number of hydrogen-bond acceptors (Lipinski definition) is 6. The molecule has 0 N–H and O–H groups in total. The Kier molecular flexibility index (Phi) is 12.7. The third kappa shape index (κ3) is 9.72. The summed E-state index contributed by atoms with van der Waals surface area (Å²) in [6.07, 6.45) is 8.76. The van der Waals surface area contributed by atoms with Crippen LogP contribution in [0.3, 0.4) is 0 Å². The smallest absolute Gasteiger partial charge is 0.357 e. The number of carbonyl (C=O) groups is 2. The highest BCUT2D eigenvalue weighted by Gasteiger charge is 2.17. The summed E-state index contributed by atoms with van der Waals surface area (Å²) in [5, 5.41) is 0. The molecular formula is C22H35NO5. The summed E-state index contributed by atoms with van der Waals surface area (Å²) < 4.78 is 16.3. The van der Waals surface area contributed by atoms with E-state index in [1.54, 1.807) is 0 Å². The first-order valence-corrected chi connectivity index (χ1v) is 10.6. The lowest BCUT2D eigenvalue weighted by atomic mass is 10.2. The molecule has 0 saturated carbocycles. The fraction of sp³-hybridized carbons (Fsp3) is 0.682. The predicted molar refractivity (Wildman–Crippen MR) is 109 cm³/mol. The molecule has 0 aliphatic heterocycles. The van der Waals surface area contributed by atoms with Gasteiger partial charge in [0.05, 0.1) is 19.8 Å². The molecule has 0 spiro atoms. The van der Waals surface area contributed by atoms with Crippen molar-refractivity contribution in [3.05, 3.63) is 23.5 Å². The highest BCUT2D eigenvalue weighted by molar-refractivity contribution is 5.92. The average Bonchev–Trinajstić information content (AvgIpc) is 2.71. The number of nitrogens with zero attached hydrogens (tertiary/aromatic N) is 1. The van der Waals surface area contributed by atoms with E-state index in [2.05, 4.69) is 25.8 Å². The maximum absolute atomic E-state index is 12.3. The molecule has 0 fully saturated rings. The van der Waals surface area contributed by atoms with E-state index in [4.69, 9.17) is 14.2 Å². The lowest BCUT2D eigenvalue weighted by Gasteiger charge is -2.11. The summed E-state index contributed by atoms with van der Waals surface area (Å²) in [5.74, 6) is -0.655. The second-order valence-corrected chi connectivity index (χ2v) is 6.81. The third-order valence-electron chi connectivity index (χ3n) is 4.20. The lowest BCUT2D eigenvalue weighted by molar-refractivity contribution is 0.0481. The molecule has 28 heavy (non-hydrogen) atoms. The molecule has 0 aliphatic carbocycles. The van der Waals surface area contributed by atoms with Gasteiger partial charge in [0.1, 0.15) is 5.75 Å². The van der Waals surface area contributed by atoms with Gasteiger partial charge < -0.3 is 14.2 Å². The number of pyridine rings is 1. The van der Waals surface area contributed by atoms with Gasteiger partial charge in [-0.15, -0.1) is 0 Å². The molecule has 158 valence electrons. The molecule has 1 rings (SSSR count). The predicted octanol–water partition coefficient (Wildman–Crippen LogP) is 5.34.